The highest BCUT2D eigenvalue weighted by atomic mass is 35.5. The smallest absolute Gasteiger partial charge is 0.341 e. The van der Waals surface area contributed by atoms with E-state index in [0.717, 1.165) is 11.1 Å². The lowest BCUT2D eigenvalue weighted by Crippen LogP contribution is -2.31. The summed E-state index contributed by atoms with van der Waals surface area (Å²) in [7, 11) is -4.04. The topological polar surface area (TPSA) is 119 Å². The van der Waals surface area contributed by atoms with E-state index in [1.807, 2.05) is 24.3 Å². The monoisotopic (exact) mass is 548 g/mol. The second-order valence-corrected chi connectivity index (χ2v) is 11.2. The summed E-state index contributed by atoms with van der Waals surface area (Å²) in [6.45, 7) is 7.11. The number of hydrogen-bond donors (Lipinski definition) is 3. The van der Waals surface area contributed by atoms with E-state index in [-0.39, 0.29) is 15.7 Å². The van der Waals surface area contributed by atoms with Crippen LogP contribution in [0.5, 0.6) is 5.75 Å². The highest BCUT2D eigenvalue weighted by Gasteiger charge is 2.30. The van der Waals surface area contributed by atoms with Gasteiger partial charge in [0.05, 0.1) is 9.93 Å². The van der Waals surface area contributed by atoms with Crippen LogP contribution >= 0.6 is 11.6 Å². The number of fused-ring (bicyclic) bond motifs is 1. The van der Waals surface area contributed by atoms with E-state index >= 15 is 0 Å². The number of carboxylic acids is 1. The molecular formula is C27H30ClFN2O5S. The SMILES string of the molecule is C=C(/C=C\C(=C/N)c1cccc(C(C)C)c1)S(=O)(=O)NC1CCCc2c1cc(Cl)c(F)c2OCC(=O)O. The number of halogens is 2. The maximum atomic E-state index is 14.6. The van der Waals surface area contributed by atoms with E-state index in [0.29, 0.717) is 41.9 Å². The van der Waals surface area contributed by atoms with Crippen LogP contribution < -0.4 is 15.2 Å². The van der Waals surface area contributed by atoms with Gasteiger partial charge in [-0.15, -0.1) is 0 Å². The Kier molecular flexibility index (Phi) is 9.17. The maximum Gasteiger partial charge on any atom is 0.341 e. The maximum absolute atomic E-state index is 14.6. The highest BCUT2D eigenvalue weighted by Crippen LogP contribution is 2.41. The molecule has 2 aromatic rings. The molecule has 0 amide bonds. The van der Waals surface area contributed by atoms with Gasteiger partial charge in [-0.3, -0.25) is 0 Å². The van der Waals surface area contributed by atoms with Crippen LogP contribution in [-0.4, -0.2) is 26.1 Å². The quantitative estimate of drug-likeness (QED) is 0.340. The zero-order valence-electron chi connectivity index (χ0n) is 20.6. The van der Waals surface area contributed by atoms with Crippen LogP contribution in [0.3, 0.4) is 0 Å². The number of benzene rings is 2. The molecule has 1 atom stereocenters. The van der Waals surface area contributed by atoms with Crippen molar-refractivity contribution in [2.24, 2.45) is 5.73 Å². The second kappa shape index (κ2) is 11.9. The fraction of sp³-hybridized carbons (Fsp3) is 0.296. The fourth-order valence-corrected chi connectivity index (χ4v) is 5.36. The van der Waals surface area contributed by atoms with Crippen molar-refractivity contribution in [3.8, 4) is 5.75 Å². The minimum absolute atomic E-state index is 0.186. The first-order valence-electron chi connectivity index (χ1n) is 11.7. The van der Waals surface area contributed by atoms with Crippen molar-refractivity contribution in [2.75, 3.05) is 6.61 Å². The molecule has 3 rings (SSSR count). The molecule has 0 bridgehead atoms. The van der Waals surface area contributed by atoms with Crippen LogP contribution in [0.25, 0.3) is 5.57 Å². The lowest BCUT2D eigenvalue weighted by atomic mass is 9.87. The molecule has 1 unspecified atom stereocenters. The normalized spacial score (nSPS) is 16.1. The van der Waals surface area contributed by atoms with Crippen LogP contribution in [0.4, 0.5) is 4.39 Å². The Morgan fingerprint density at radius 1 is 1.35 bits per heavy atom. The van der Waals surface area contributed by atoms with E-state index in [9.17, 15) is 17.6 Å². The number of allylic oxidation sites excluding steroid dienone is 3. The molecule has 0 fully saturated rings. The average molecular weight is 549 g/mol. The Bertz CT molecular complexity index is 1370. The largest absolute Gasteiger partial charge is 0.479 e. The molecule has 198 valence electrons. The van der Waals surface area contributed by atoms with E-state index in [1.54, 1.807) is 6.08 Å². The van der Waals surface area contributed by atoms with E-state index in [2.05, 4.69) is 25.1 Å². The van der Waals surface area contributed by atoms with Gasteiger partial charge in [-0.25, -0.2) is 22.3 Å². The number of nitrogens with one attached hydrogen (secondary N) is 1. The Balaban J connectivity index is 1.84. The summed E-state index contributed by atoms with van der Waals surface area (Å²) in [6, 6.07) is 8.43. The van der Waals surface area contributed by atoms with Crippen molar-refractivity contribution >= 4 is 33.2 Å². The number of aliphatic carboxylic acids is 1. The number of carboxylic acid groups (broad SMARTS) is 1. The van der Waals surface area contributed by atoms with Gasteiger partial charge in [-0.1, -0.05) is 62.4 Å². The highest BCUT2D eigenvalue weighted by molar-refractivity contribution is 7.93. The first-order valence-corrected chi connectivity index (χ1v) is 13.6. The van der Waals surface area contributed by atoms with Crippen molar-refractivity contribution in [2.45, 2.75) is 45.1 Å². The molecule has 37 heavy (non-hydrogen) atoms. The lowest BCUT2D eigenvalue weighted by Gasteiger charge is -2.28. The summed E-state index contributed by atoms with van der Waals surface area (Å²) in [5.41, 5.74) is 9.23. The van der Waals surface area contributed by atoms with Crippen LogP contribution in [0.2, 0.25) is 5.02 Å². The van der Waals surface area contributed by atoms with Crippen molar-refractivity contribution < 1.29 is 27.4 Å². The molecular weight excluding hydrogens is 519 g/mol. The summed E-state index contributed by atoms with van der Waals surface area (Å²) >= 11 is 6.03. The molecule has 0 spiro atoms. The molecule has 1 aliphatic carbocycles. The van der Waals surface area contributed by atoms with Crippen molar-refractivity contribution in [1.29, 1.82) is 0 Å². The summed E-state index contributed by atoms with van der Waals surface area (Å²) in [4.78, 5) is 10.7. The summed E-state index contributed by atoms with van der Waals surface area (Å²) in [5.74, 6) is -2.10. The number of nitrogens with two attached hydrogens (primary N) is 1. The minimum Gasteiger partial charge on any atom is -0.479 e. The minimum atomic E-state index is -4.04. The number of carbonyl (C=O) groups is 1. The van der Waals surface area contributed by atoms with Gasteiger partial charge in [0.25, 0.3) is 0 Å². The van der Waals surface area contributed by atoms with Gasteiger partial charge in [0.1, 0.15) is 0 Å². The van der Waals surface area contributed by atoms with Crippen molar-refractivity contribution in [1.82, 2.24) is 4.72 Å². The van der Waals surface area contributed by atoms with Gasteiger partial charge in [-0.05, 0) is 59.6 Å². The third-order valence-corrected chi connectivity index (χ3v) is 7.80. The molecule has 0 aromatic heterocycles. The van der Waals surface area contributed by atoms with Crippen molar-refractivity contribution in [3.05, 3.63) is 93.3 Å². The molecule has 1 aliphatic rings. The average Bonchev–Trinajstić information content (AvgIpc) is 2.85. The van der Waals surface area contributed by atoms with E-state index in [1.165, 1.54) is 18.3 Å². The molecule has 0 radical (unpaired) electrons. The van der Waals surface area contributed by atoms with E-state index in [4.69, 9.17) is 27.2 Å². The third kappa shape index (κ3) is 6.80. The van der Waals surface area contributed by atoms with Gasteiger partial charge in [-0.2, -0.15) is 0 Å². The molecule has 4 N–H and O–H groups in total. The number of rotatable bonds is 10. The summed E-state index contributed by atoms with van der Waals surface area (Å²) < 4.78 is 48.6. The van der Waals surface area contributed by atoms with Gasteiger partial charge in [0, 0.05) is 17.8 Å². The molecule has 0 saturated carbocycles. The van der Waals surface area contributed by atoms with Gasteiger partial charge < -0.3 is 15.6 Å². The number of ether oxygens (including phenoxy) is 1. The van der Waals surface area contributed by atoms with E-state index < -0.39 is 34.5 Å². The second-order valence-electron chi connectivity index (χ2n) is 9.02. The molecule has 7 nitrogen and oxygen atoms in total. The third-order valence-electron chi connectivity index (χ3n) is 6.11. The first-order chi connectivity index (χ1) is 17.4. The Labute approximate surface area is 221 Å². The predicted molar refractivity (Wildman–Crippen MR) is 143 cm³/mol. The van der Waals surface area contributed by atoms with Crippen molar-refractivity contribution in [3.63, 3.8) is 0 Å². The first kappa shape index (κ1) is 28.4. The lowest BCUT2D eigenvalue weighted by molar-refractivity contribution is -0.139. The zero-order valence-corrected chi connectivity index (χ0v) is 22.2. The predicted octanol–water partition coefficient (Wildman–Crippen LogP) is 5.43. The van der Waals surface area contributed by atoms with Crippen LogP contribution in [0.15, 0.2) is 60.2 Å². The Hall–Kier alpha value is -3.14. The Morgan fingerprint density at radius 3 is 2.73 bits per heavy atom. The number of sulfonamides is 1. The van der Waals surface area contributed by atoms with Crippen LogP contribution in [0, 0.1) is 5.82 Å². The molecule has 2 aromatic carbocycles. The van der Waals surface area contributed by atoms with Gasteiger partial charge >= 0.3 is 5.97 Å². The number of hydrogen-bond acceptors (Lipinski definition) is 5. The van der Waals surface area contributed by atoms with Gasteiger partial charge in [0.15, 0.2) is 18.2 Å². The Morgan fingerprint density at radius 2 is 2.08 bits per heavy atom. The summed E-state index contributed by atoms with van der Waals surface area (Å²) in [5, 5.41) is 8.64. The molecule has 0 aliphatic heterocycles. The molecule has 0 saturated heterocycles. The standard InChI is InChI=1S/C27H30ClFN2O5S/c1-16(2)18-6-4-7-19(12-18)20(14-30)11-10-17(3)37(34,35)31-24-9-5-8-21-22(24)13-23(28)26(29)27(21)36-15-25(32)33/h4,6-7,10-14,16,24,31H,3,5,8-9,15,30H2,1-2H3,(H,32,33)/b11-10-,20-14+. The van der Waals surface area contributed by atoms with Crippen LogP contribution in [0.1, 0.15) is 60.9 Å². The van der Waals surface area contributed by atoms with Gasteiger partial charge in [0.2, 0.25) is 10.0 Å². The zero-order chi connectivity index (χ0) is 27.3. The summed E-state index contributed by atoms with van der Waals surface area (Å²) in [6.07, 6.45) is 5.69. The fourth-order valence-electron chi connectivity index (χ4n) is 4.13. The molecule has 10 heteroatoms. The van der Waals surface area contributed by atoms with Crippen LogP contribution in [-0.2, 0) is 21.2 Å². The molecule has 0 heterocycles.